The first-order valence-corrected chi connectivity index (χ1v) is 6.90. The third-order valence-corrected chi connectivity index (χ3v) is 3.59. The fourth-order valence-electron chi connectivity index (χ4n) is 2.43. The molecule has 1 amide bonds. The molecule has 2 aromatic rings. The van der Waals surface area contributed by atoms with Crippen LogP contribution >= 0.6 is 12.4 Å². The molecule has 0 atom stereocenters. The fourth-order valence-corrected chi connectivity index (χ4v) is 2.43. The Balaban J connectivity index is 0.00000176. The number of carbonyl (C=O) groups excluding carboxylic acids is 1. The SMILES string of the molecule is Cl.O=C(Nc1ccc(-n2cncn2)c(F)c1)C1CCNCC1. The number of nitrogens with zero attached hydrogens (tertiary/aromatic N) is 3. The number of carbonyl (C=O) groups is 1. The van der Waals surface area contributed by atoms with E-state index in [0.717, 1.165) is 25.9 Å². The Hall–Kier alpha value is -1.99. The van der Waals surface area contributed by atoms with Gasteiger partial charge in [-0.1, -0.05) is 0 Å². The minimum absolute atomic E-state index is 0. The maximum absolute atomic E-state index is 14.1. The van der Waals surface area contributed by atoms with Crippen molar-refractivity contribution in [1.29, 1.82) is 0 Å². The van der Waals surface area contributed by atoms with E-state index in [1.54, 1.807) is 12.1 Å². The smallest absolute Gasteiger partial charge is 0.227 e. The number of nitrogens with one attached hydrogen (secondary N) is 2. The predicted molar refractivity (Wildman–Crippen MR) is 82.8 cm³/mol. The van der Waals surface area contributed by atoms with Gasteiger partial charge in [0.05, 0.1) is 0 Å². The van der Waals surface area contributed by atoms with Crippen molar-refractivity contribution in [2.75, 3.05) is 18.4 Å². The molecule has 2 heterocycles. The van der Waals surface area contributed by atoms with Crippen LogP contribution in [0.15, 0.2) is 30.9 Å². The number of anilines is 1. The number of piperidine rings is 1. The number of rotatable bonds is 3. The summed E-state index contributed by atoms with van der Waals surface area (Å²) in [6.07, 6.45) is 4.38. The molecule has 1 aromatic carbocycles. The van der Waals surface area contributed by atoms with E-state index in [1.165, 1.54) is 23.4 Å². The third-order valence-electron chi connectivity index (χ3n) is 3.59. The van der Waals surface area contributed by atoms with Crippen LogP contribution in [0.1, 0.15) is 12.8 Å². The van der Waals surface area contributed by atoms with Crippen molar-refractivity contribution in [3.05, 3.63) is 36.7 Å². The summed E-state index contributed by atoms with van der Waals surface area (Å²) in [5, 5.41) is 9.87. The third kappa shape index (κ3) is 3.61. The Morgan fingerprint density at radius 3 is 2.77 bits per heavy atom. The Morgan fingerprint density at radius 1 is 1.36 bits per heavy atom. The van der Waals surface area contributed by atoms with E-state index in [9.17, 15) is 9.18 Å². The van der Waals surface area contributed by atoms with Gasteiger partial charge in [-0.05, 0) is 44.1 Å². The maximum atomic E-state index is 14.1. The summed E-state index contributed by atoms with van der Waals surface area (Å²) in [5.74, 6) is -0.516. The number of hydrogen-bond donors (Lipinski definition) is 2. The zero-order valence-electron chi connectivity index (χ0n) is 11.8. The lowest BCUT2D eigenvalue weighted by atomic mass is 9.97. The van der Waals surface area contributed by atoms with E-state index >= 15 is 0 Å². The van der Waals surface area contributed by atoms with E-state index in [-0.39, 0.29) is 24.2 Å². The minimum Gasteiger partial charge on any atom is -0.326 e. The van der Waals surface area contributed by atoms with Gasteiger partial charge in [0, 0.05) is 11.6 Å². The lowest BCUT2D eigenvalue weighted by Crippen LogP contribution is -2.34. The maximum Gasteiger partial charge on any atom is 0.227 e. The van der Waals surface area contributed by atoms with Crippen LogP contribution in [0, 0.1) is 11.7 Å². The quantitative estimate of drug-likeness (QED) is 0.902. The van der Waals surface area contributed by atoms with Crippen molar-refractivity contribution in [2.24, 2.45) is 5.92 Å². The highest BCUT2D eigenvalue weighted by atomic mass is 35.5. The minimum atomic E-state index is -0.455. The lowest BCUT2D eigenvalue weighted by molar-refractivity contribution is -0.120. The van der Waals surface area contributed by atoms with Crippen LogP contribution in [-0.4, -0.2) is 33.8 Å². The van der Waals surface area contributed by atoms with Crippen LogP contribution in [0.4, 0.5) is 10.1 Å². The molecule has 1 aromatic heterocycles. The van der Waals surface area contributed by atoms with Crippen LogP contribution in [0.2, 0.25) is 0 Å². The monoisotopic (exact) mass is 325 g/mol. The Morgan fingerprint density at radius 2 is 2.14 bits per heavy atom. The first kappa shape index (κ1) is 16.4. The normalized spacial score (nSPS) is 15.1. The van der Waals surface area contributed by atoms with Crippen LogP contribution < -0.4 is 10.6 Å². The first-order chi connectivity index (χ1) is 10.2. The van der Waals surface area contributed by atoms with E-state index in [2.05, 4.69) is 20.7 Å². The lowest BCUT2D eigenvalue weighted by Gasteiger charge is -2.21. The topological polar surface area (TPSA) is 71.8 Å². The van der Waals surface area contributed by atoms with Crippen LogP contribution in [0.3, 0.4) is 0 Å². The molecule has 1 aliphatic rings. The van der Waals surface area contributed by atoms with E-state index in [1.807, 2.05) is 0 Å². The second-order valence-electron chi connectivity index (χ2n) is 5.02. The van der Waals surface area contributed by atoms with Gasteiger partial charge in [0.25, 0.3) is 0 Å². The molecule has 1 saturated heterocycles. The molecule has 22 heavy (non-hydrogen) atoms. The van der Waals surface area contributed by atoms with Gasteiger partial charge < -0.3 is 10.6 Å². The summed E-state index contributed by atoms with van der Waals surface area (Å²) in [7, 11) is 0. The van der Waals surface area contributed by atoms with Gasteiger partial charge in [-0.3, -0.25) is 4.79 Å². The van der Waals surface area contributed by atoms with Crippen molar-refractivity contribution < 1.29 is 9.18 Å². The molecular formula is C14H17ClFN5O. The molecule has 0 saturated carbocycles. The van der Waals surface area contributed by atoms with Gasteiger partial charge in [-0.15, -0.1) is 12.4 Å². The van der Waals surface area contributed by atoms with Crippen molar-refractivity contribution in [3.63, 3.8) is 0 Å². The molecule has 118 valence electrons. The van der Waals surface area contributed by atoms with Crippen LogP contribution in [0.5, 0.6) is 0 Å². The Bertz CT molecular complexity index is 628. The van der Waals surface area contributed by atoms with Gasteiger partial charge in [-0.25, -0.2) is 14.1 Å². The summed E-state index contributed by atoms with van der Waals surface area (Å²) in [6.45, 7) is 1.69. The second-order valence-corrected chi connectivity index (χ2v) is 5.02. The molecule has 0 bridgehead atoms. The Labute approximate surface area is 133 Å². The molecule has 0 aliphatic carbocycles. The van der Waals surface area contributed by atoms with Gasteiger partial charge in [0.1, 0.15) is 18.3 Å². The van der Waals surface area contributed by atoms with Crippen molar-refractivity contribution in [1.82, 2.24) is 20.1 Å². The molecular weight excluding hydrogens is 309 g/mol. The van der Waals surface area contributed by atoms with Gasteiger partial charge in [0.15, 0.2) is 5.82 Å². The zero-order valence-corrected chi connectivity index (χ0v) is 12.6. The van der Waals surface area contributed by atoms with Crippen molar-refractivity contribution in [3.8, 4) is 5.69 Å². The van der Waals surface area contributed by atoms with Gasteiger partial charge in [-0.2, -0.15) is 5.10 Å². The van der Waals surface area contributed by atoms with E-state index in [4.69, 9.17) is 0 Å². The molecule has 3 rings (SSSR count). The predicted octanol–water partition coefficient (Wildman–Crippen LogP) is 1.77. The fraction of sp³-hybridized carbons (Fsp3) is 0.357. The second kappa shape index (κ2) is 7.33. The zero-order chi connectivity index (χ0) is 14.7. The summed E-state index contributed by atoms with van der Waals surface area (Å²) in [5.41, 5.74) is 0.757. The number of amides is 1. The molecule has 0 unspecified atom stereocenters. The molecule has 0 spiro atoms. The van der Waals surface area contributed by atoms with Crippen LogP contribution in [-0.2, 0) is 4.79 Å². The first-order valence-electron chi connectivity index (χ1n) is 6.90. The highest BCUT2D eigenvalue weighted by Crippen LogP contribution is 2.19. The van der Waals surface area contributed by atoms with Crippen molar-refractivity contribution in [2.45, 2.75) is 12.8 Å². The molecule has 8 heteroatoms. The summed E-state index contributed by atoms with van der Waals surface area (Å²) >= 11 is 0. The van der Waals surface area contributed by atoms with Gasteiger partial charge in [0.2, 0.25) is 5.91 Å². The molecule has 6 nitrogen and oxygen atoms in total. The number of aromatic nitrogens is 3. The van der Waals surface area contributed by atoms with Crippen molar-refractivity contribution >= 4 is 24.0 Å². The average molecular weight is 326 g/mol. The molecule has 0 radical (unpaired) electrons. The summed E-state index contributed by atoms with van der Waals surface area (Å²) in [6, 6.07) is 4.54. The molecule has 2 N–H and O–H groups in total. The largest absolute Gasteiger partial charge is 0.326 e. The average Bonchev–Trinajstić information content (AvgIpc) is 3.02. The standard InChI is InChI=1S/C14H16FN5O.ClH/c15-12-7-11(1-2-13(12)20-9-17-8-18-20)19-14(21)10-3-5-16-6-4-10;/h1-2,7-10,16H,3-6H2,(H,19,21);1H. The highest BCUT2D eigenvalue weighted by molar-refractivity contribution is 5.92. The van der Waals surface area contributed by atoms with E-state index < -0.39 is 5.82 Å². The summed E-state index contributed by atoms with van der Waals surface area (Å²) < 4.78 is 15.4. The summed E-state index contributed by atoms with van der Waals surface area (Å²) in [4.78, 5) is 15.9. The van der Waals surface area contributed by atoms with E-state index in [0.29, 0.717) is 11.4 Å². The molecule has 1 fully saturated rings. The molecule has 1 aliphatic heterocycles. The Kier molecular flexibility index (Phi) is 5.46. The van der Waals surface area contributed by atoms with Crippen LogP contribution in [0.25, 0.3) is 5.69 Å². The van der Waals surface area contributed by atoms with Gasteiger partial charge >= 0.3 is 0 Å². The number of hydrogen-bond acceptors (Lipinski definition) is 4. The number of halogens is 2. The number of benzene rings is 1. The highest BCUT2D eigenvalue weighted by Gasteiger charge is 2.21.